The van der Waals surface area contributed by atoms with Gasteiger partial charge in [-0.25, -0.2) is 0 Å². The van der Waals surface area contributed by atoms with Crippen molar-refractivity contribution in [2.24, 2.45) is 5.41 Å². The number of carbonyl (C=O) groups excluding carboxylic acids is 2. The molecular formula is C16H20BrClO4. The number of ketones is 1. The van der Waals surface area contributed by atoms with Crippen molar-refractivity contribution < 1.29 is 19.1 Å². The molecule has 122 valence electrons. The summed E-state index contributed by atoms with van der Waals surface area (Å²) in [6.07, 6.45) is 0. The summed E-state index contributed by atoms with van der Waals surface area (Å²) in [6, 6.07) is 6.59. The van der Waals surface area contributed by atoms with Gasteiger partial charge in [-0.2, -0.15) is 0 Å². The predicted molar refractivity (Wildman–Crippen MR) is 89.4 cm³/mol. The molecule has 0 spiro atoms. The molecule has 22 heavy (non-hydrogen) atoms. The average Bonchev–Trinajstić information content (AvgIpc) is 2.38. The van der Waals surface area contributed by atoms with Crippen LogP contribution in [-0.4, -0.2) is 22.4 Å². The van der Waals surface area contributed by atoms with Crippen molar-refractivity contribution in [3.05, 3.63) is 29.3 Å². The first-order valence-electron chi connectivity index (χ1n) is 6.77. The van der Waals surface area contributed by atoms with Crippen molar-refractivity contribution in [3.8, 4) is 5.75 Å². The van der Waals surface area contributed by atoms with Crippen molar-refractivity contribution in [3.63, 3.8) is 0 Å². The van der Waals surface area contributed by atoms with Crippen LogP contribution in [0.25, 0.3) is 0 Å². The Kier molecular flexibility index (Phi) is 6.04. The topological polar surface area (TPSA) is 52.6 Å². The van der Waals surface area contributed by atoms with E-state index in [0.29, 0.717) is 10.8 Å². The second-order valence-corrected chi connectivity index (χ2v) is 7.65. The van der Waals surface area contributed by atoms with Gasteiger partial charge in [-0.15, -0.1) is 0 Å². The summed E-state index contributed by atoms with van der Waals surface area (Å²) in [4.78, 5) is 24.7. The van der Waals surface area contributed by atoms with Gasteiger partial charge in [-0.05, 0) is 74.8 Å². The molecule has 0 aliphatic rings. The molecule has 1 rings (SSSR count). The van der Waals surface area contributed by atoms with Crippen LogP contribution < -0.4 is 4.74 Å². The van der Waals surface area contributed by atoms with Gasteiger partial charge < -0.3 is 9.47 Å². The standard InChI is InChI=1S/C16H20BrClO4/c1-15(2,3)22-14(20)16(4,5)12(19)13(17)21-11-8-6-10(18)7-9-11/h6-9,13H,1-5H3. The number of rotatable bonds is 5. The number of carbonyl (C=O) groups is 2. The van der Waals surface area contributed by atoms with E-state index in [4.69, 9.17) is 21.1 Å². The molecule has 0 saturated heterocycles. The first-order chi connectivity index (χ1) is 9.93. The van der Waals surface area contributed by atoms with Crippen LogP contribution in [-0.2, 0) is 14.3 Å². The fourth-order valence-electron chi connectivity index (χ4n) is 1.48. The molecule has 0 fully saturated rings. The summed E-state index contributed by atoms with van der Waals surface area (Å²) < 4.78 is 10.8. The van der Waals surface area contributed by atoms with Crippen molar-refractivity contribution in [2.75, 3.05) is 0 Å². The molecule has 0 radical (unpaired) electrons. The number of hydrogen-bond donors (Lipinski definition) is 0. The van der Waals surface area contributed by atoms with E-state index >= 15 is 0 Å². The molecule has 1 atom stereocenters. The lowest BCUT2D eigenvalue weighted by Gasteiger charge is -2.28. The maximum atomic E-state index is 12.5. The van der Waals surface area contributed by atoms with E-state index in [1.54, 1.807) is 45.0 Å². The fourth-order valence-corrected chi connectivity index (χ4v) is 2.39. The van der Waals surface area contributed by atoms with Crippen LogP contribution in [0, 0.1) is 5.41 Å². The number of hydrogen-bond acceptors (Lipinski definition) is 4. The van der Waals surface area contributed by atoms with Gasteiger partial charge in [0.2, 0.25) is 10.8 Å². The van der Waals surface area contributed by atoms with Gasteiger partial charge in [0.25, 0.3) is 0 Å². The van der Waals surface area contributed by atoms with Crippen molar-refractivity contribution >= 4 is 39.3 Å². The number of Topliss-reactive ketones (excluding diaryl/α,β-unsaturated/α-hetero) is 1. The Morgan fingerprint density at radius 2 is 1.59 bits per heavy atom. The highest BCUT2D eigenvalue weighted by Gasteiger charge is 2.43. The van der Waals surface area contributed by atoms with Crippen LogP contribution in [0.5, 0.6) is 5.75 Å². The van der Waals surface area contributed by atoms with E-state index in [1.165, 1.54) is 13.8 Å². The lowest BCUT2D eigenvalue weighted by Crippen LogP contribution is -2.43. The molecule has 1 aromatic carbocycles. The van der Waals surface area contributed by atoms with Gasteiger partial charge in [-0.1, -0.05) is 11.6 Å². The van der Waals surface area contributed by atoms with Gasteiger partial charge in [0, 0.05) is 5.02 Å². The normalized spacial score (nSPS) is 13.4. The Morgan fingerprint density at radius 3 is 2.05 bits per heavy atom. The van der Waals surface area contributed by atoms with Crippen molar-refractivity contribution in [1.29, 1.82) is 0 Å². The molecule has 0 bridgehead atoms. The van der Waals surface area contributed by atoms with Crippen LogP contribution in [0.2, 0.25) is 5.02 Å². The Labute approximate surface area is 144 Å². The minimum absolute atomic E-state index is 0.420. The Bertz CT molecular complexity index is 546. The summed E-state index contributed by atoms with van der Waals surface area (Å²) >= 11 is 8.96. The van der Waals surface area contributed by atoms with Crippen LogP contribution in [0.1, 0.15) is 34.6 Å². The summed E-state index contributed by atoms with van der Waals surface area (Å²) in [5.74, 6) is -0.537. The minimum Gasteiger partial charge on any atom is -0.471 e. The van der Waals surface area contributed by atoms with Crippen LogP contribution >= 0.6 is 27.5 Å². The molecule has 1 aromatic rings. The molecule has 0 aliphatic heterocycles. The highest BCUT2D eigenvalue weighted by atomic mass is 79.9. The van der Waals surface area contributed by atoms with E-state index in [9.17, 15) is 9.59 Å². The molecule has 6 heteroatoms. The van der Waals surface area contributed by atoms with Gasteiger partial charge in [0.1, 0.15) is 16.8 Å². The fraction of sp³-hybridized carbons (Fsp3) is 0.500. The highest BCUT2D eigenvalue weighted by Crippen LogP contribution is 2.28. The van der Waals surface area contributed by atoms with Gasteiger partial charge >= 0.3 is 5.97 Å². The second kappa shape index (κ2) is 7.01. The predicted octanol–water partition coefficient (Wildman–Crippen LogP) is 4.38. The van der Waals surface area contributed by atoms with Crippen molar-refractivity contribution in [1.82, 2.24) is 0 Å². The zero-order valence-corrected chi connectivity index (χ0v) is 15.6. The zero-order valence-electron chi connectivity index (χ0n) is 13.3. The van der Waals surface area contributed by atoms with E-state index in [0.717, 1.165) is 0 Å². The van der Waals surface area contributed by atoms with E-state index in [1.807, 2.05) is 0 Å². The lowest BCUT2D eigenvalue weighted by molar-refractivity contribution is -0.169. The Balaban J connectivity index is 2.79. The van der Waals surface area contributed by atoms with Crippen molar-refractivity contribution in [2.45, 2.75) is 45.2 Å². The first-order valence-corrected chi connectivity index (χ1v) is 8.07. The molecular weight excluding hydrogens is 372 g/mol. The molecule has 0 saturated carbocycles. The number of benzene rings is 1. The molecule has 1 unspecified atom stereocenters. The number of ether oxygens (including phenoxy) is 2. The zero-order chi connectivity index (χ0) is 17.1. The van der Waals surface area contributed by atoms with Crippen LogP contribution in [0.3, 0.4) is 0 Å². The summed E-state index contributed by atoms with van der Waals surface area (Å²) in [5.41, 5.74) is -1.98. The second-order valence-electron chi connectivity index (χ2n) is 6.38. The maximum Gasteiger partial charge on any atom is 0.319 e. The SMILES string of the molecule is CC(C)(C)OC(=O)C(C)(C)C(=O)C(Br)Oc1ccc(Cl)cc1. The minimum atomic E-state index is -1.33. The monoisotopic (exact) mass is 390 g/mol. The van der Waals surface area contributed by atoms with Gasteiger partial charge in [0.15, 0.2) is 0 Å². The third kappa shape index (κ3) is 5.29. The smallest absolute Gasteiger partial charge is 0.319 e. The highest BCUT2D eigenvalue weighted by molar-refractivity contribution is 9.09. The summed E-state index contributed by atoms with van der Waals surface area (Å²) in [6.45, 7) is 8.29. The first kappa shape index (κ1) is 19.0. The van der Waals surface area contributed by atoms with Gasteiger partial charge in [-0.3, -0.25) is 9.59 Å². The summed E-state index contributed by atoms with van der Waals surface area (Å²) in [7, 11) is 0. The van der Waals surface area contributed by atoms with E-state index < -0.39 is 27.8 Å². The molecule has 0 N–H and O–H groups in total. The average molecular weight is 392 g/mol. The molecule has 0 amide bonds. The molecule has 4 nitrogen and oxygen atoms in total. The maximum absolute atomic E-state index is 12.5. The molecule has 0 aliphatic carbocycles. The third-order valence-electron chi connectivity index (χ3n) is 2.78. The summed E-state index contributed by atoms with van der Waals surface area (Å²) in [5, 5.41) is -0.393. The molecule has 0 aromatic heterocycles. The van der Waals surface area contributed by atoms with Crippen LogP contribution in [0.4, 0.5) is 0 Å². The van der Waals surface area contributed by atoms with E-state index in [-0.39, 0.29) is 0 Å². The number of alkyl halides is 1. The van der Waals surface area contributed by atoms with Gasteiger partial charge in [0.05, 0.1) is 0 Å². The Morgan fingerprint density at radius 1 is 1.09 bits per heavy atom. The molecule has 0 heterocycles. The third-order valence-corrected chi connectivity index (χ3v) is 3.64. The van der Waals surface area contributed by atoms with Crippen LogP contribution in [0.15, 0.2) is 24.3 Å². The Hall–Kier alpha value is -1.07. The lowest BCUT2D eigenvalue weighted by atomic mass is 9.88. The quantitative estimate of drug-likeness (QED) is 0.425. The largest absolute Gasteiger partial charge is 0.471 e. The number of halogens is 2. The number of esters is 1. The van der Waals surface area contributed by atoms with E-state index in [2.05, 4.69) is 15.9 Å².